The smallest absolute Gasteiger partial charge is 0.265 e. The molecule has 0 heterocycles. The number of amides is 2. The first kappa shape index (κ1) is 20.8. The van der Waals surface area contributed by atoms with Crippen molar-refractivity contribution in [2.45, 2.75) is 20.3 Å². The lowest BCUT2D eigenvalue weighted by molar-refractivity contribution is -0.120. The summed E-state index contributed by atoms with van der Waals surface area (Å²) in [5.41, 5.74) is 0.252. The van der Waals surface area contributed by atoms with Gasteiger partial charge < -0.3 is 15.4 Å². The summed E-state index contributed by atoms with van der Waals surface area (Å²) in [5, 5.41) is 14.0. The highest BCUT2D eigenvalue weighted by atomic mass is 19.3. The summed E-state index contributed by atoms with van der Waals surface area (Å²) in [4.78, 5) is 23.2. The SMILES string of the molecule is CC(=O)Nc1ccc(OCC(C)C(=O)Nc2ccc(C#N)c(C(F)F)c2)cc1. The van der Waals surface area contributed by atoms with Gasteiger partial charge in [0.1, 0.15) is 5.75 Å². The van der Waals surface area contributed by atoms with Gasteiger partial charge in [-0.25, -0.2) is 8.78 Å². The van der Waals surface area contributed by atoms with Gasteiger partial charge in [0.25, 0.3) is 6.43 Å². The standard InChI is InChI=1S/C20H19F2N3O3/c1-12(11-28-17-7-5-15(6-8-17)24-13(2)26)20(27)25-16-4-3-14(10-23)18(9-16)19(21)22/h3-9,12,19H,11H2,1-2H3,(H,24,26)(H,25,27). The van der Waals surface area contributed by atoms with Crippen molar-refractivity contribution in [2.24, 2.45) is 5.92 Å². The first-order valence-electron chi connectivity index (χ1n) is 8.43. The van der Waals surface area contributed by atoms with Gasteiger partial charge >= 0.3 is 0 Å². The second-order valence-electron chi connectivity index (χ2n) is 6.12. The highest BCUT2D eigenvalue weighted by Crippen LogP contribution is 2.26. The van der Waals surface area contributed by atoms with Crippen LogP contribution in [-0.2, 0) is 9.59 Å². The fourth-order valence-corrected chi connectivity index (χ4v) is 2.32. The predicted octanol–water partition coefficient (Wildman–Crippen LogP) is 4.11. The van der Waals surface area contributed by atoms with Crippen LogP contribution in [0.15, 0.2) is 42.5 Å². The molecule has 0 aliphatic heterocycles. The maximum Gasteiger partial charge on any atom is 0.265 e. The Labute approximate surface area is 161 Å². The molecule has 0 spiro atoms. The largest absolute Gasteiger partial charge is 0.493 e. The second-order valence-corrected chi connectivity index (χ2v) is 6.12. The van der Waals surface area contributed by atoms with E-state index in [9.17, 15) is 18.4 Å². The van der Waals surface area contributed by atoms with Crippen molar-refractivity contribution in [3.05, 3.63) is 53.6 Å². The van der Waals surface area contributed by atoms with Crippen LogP contribution in [0.5, 0.6) is 5.75 Å². The Morgan fingerprint density at radius 1 is 1.11 bits per heavy atom. The predicted molar refractivity (Wildman–Crippen MR) is 100 cm³/mol. The first-order chi connectivity index (χ1) is 13.3. The van der Waals surface area contributed by atoms with Gasteiger partial charge in [-0.15, -0.1) is 0 Å². The zero-order valence-corrected chi connectivity index (χ0v) is 15.3. The molecule has 6 nitrogen and oxygen atoms in total. The average Bonchev–Trinajstić information content (AvgIpc) is 2.66. The van der Waals surface area contributed by atoms with Crippen LogP contribution in [0, 0.1) is 17.2 Å². The van der Waals surface area contributed by atoms with Crippen LogP contribution in [0.4, 0.5) is 20.2 Å². The quantitative estimate of drug-likeness (QED) is 0.748. The van der Waals surface area contributed by atoms with E-state index in [1.807, 2.05) is 0 Å². The van der Waals surface area contributed by atoms with E-state index in [1.54, 1.807) is 37.3 Å². The Morgan fingerprint density at radius 2 is 1.75 bits per heavy atom. The fourth-order valence-electron chi connectivity index (χ4n) is 2.32. The maximum atomic E-state index is 13.0. The summed E-state index contributed by atoms with van der Waals surface area (Å²) in [6.07, 6.45) is -2.81. The Morgan fingerprint density at radius 3 is 2.32 bits per heavy atom. The zero-order chi connectivity index (χ0) is 20.7. The molecule has 28 heavy (non-hydrogen) atoms. The molecule has 2 aromatic carbocycles. The van der Waals surface area contributed by atoms with Gasteiger partial charge in [-0.05, 0) is 42.5 Å². The van der Waals surface area contributed by atoms with E-state index in [4.69, 9.17) is 10.00 Å². The third-order valence-corrected chi connectivity index (χ3v) is 3.80. The minimum atomic E-state index is -2.81. The molecule has 0 aromatic heterocycles. The number of nitrogens with one attached hydrogen (secondary N) is 2. The van der Waals surface area contributed by atoms with Gasteiger partial charge in [-0.2, -0.15) is 5.26 Å². The molecular formula is C20H19F2N3O3. The number of nitriles is 1. The molecule has 1 atom stereocenters. The summed E-state index contributed by atoms with van der Waals surface area (Å²) in [5.74, 6) is -0.621. The summed E-state index contributed by atoms with van der Waals surface area (Å²) in [7, 11) is 0. The van der Waals surface area contributed by atoms with Crippen LogP contribution in [0.3, 0.4) is 0 Å². The van der Waals surface area contributed by atoms with Crippen LogP contribution in [-0.4, -0.2) is 18.4 Å². The van der Waals surface area contributed by atoms with E-state index in [-0.39, 0.29) is 23.8 Å². The number of hydrogen-bond acceptors (Lipinski definition) is 4. The number of benzene rings is 2. The van der Waals surface area contributed by atoms with E-state index in [0.717, 1.165) is 6.07 Å². The van der Waals surface area contributed by atoms with E-state index in [2.05, 4.69) is 10.6 Å². The molecule has 8 heteroatoms. The lowest BCUT2D eigenvalue weighted by Crippen LogP contribution is -2.25. The summed E-state index contributed by atoms with van der Waals surface area (Å²) < 4.78 is 31.5. The third kappa shape index (κ3) is 5.77. The Balaban J connectivity index is 1.93. The van der Waals surface area contributed by atoms with Crippen molar-refractivity contribution in [3.8, 4) is 11.8 Å². The molecule has 2 amide bonds. The lowest BCUT2D eigenvalue weighted by atomic mass is 10.1. The number of ether oxygens (including phenoxy) is 1. The maximum absolute atomic E-state index is 13.0. The number of rotatable bonds is 7. The average molecular weight is 387 g/mol. The molecule has 146 valence electrons. The number of anilines is 2. The number of hydrogen-bond donors (Lipinski definition) is 2. The number of nitrogens with zero attached hydrogens (tertiary/aromatic N) is 1. The first-order valence-corrected chi connectivity index (χ1v) is 8.43. The lowest BCUT2D eigenvalue weighted by Gasteiger charge is -2.15. The summed E-state index contributed by atoms with van der Waals surface area (Å²) in [6, 6.07) is 12.1. The van der Waals surface area contributed by atoms with E-state index < -0.39 is 23.8 Å². The van der Waals surface area contributed by atoms with Crippen molar-refractivity contribution in [2.75, 3.05) is 17.2 Å². The Hall–Kier alpha value is -3.47. The summed E-state index contributed by atoms with van der Waals surface area (Å²) in [6.45, 7) is 3.12. The van der Waals surface area contributed by atoms with Gasteiger partial charge in [-0.1, -0.05) is 6.92 Å². The number of carbonyl (C=O) groups excluding carboxylic acids is 2. The highest BCUT2D eigenvalue weighted by molar-refractivity contribution is 5.92. The van der Waals surface area contributed by atoms with Crippen LogP contribution in [0.2, 0.25) is 0 Å². The second kappa shape index (κ2) is 9.46. The van der Waals surface area contributed by atoms with Crippen LogP contribution in [0.1, 0.15) is 31.4 Å². The highest BCUT2D eigenvalue weighted by Gasteiger charge is 2.17. The molecule has 0 bridgehead atoms. The van der Waals surface area contributed by atoms with Crippen molar-refractivity contribution < 1.29 is 23.1 Å². The molecule has 0 aliphatic rings. The molecule has 0 fully saturated rings. The molecule has 2 rings (SSSR count). The normalized spacial score (nSPS) is 11.4. The van der Waals surface area contributed by atoms with Crippen LogP contribution in [0.25, 0.3) is 0 Å². The third-order valence-electron chi connectivity index (χ3n) is 3.80. The minimum Gasteiger partial charge on any atom is -0.493 e. The van der Waals surface area contributed by atoms with Crippen molar-refractivity contribution >= 4 is 23.2 Å². The molecule has 0 saturated carbocycles. The van der Waals surface area contributed by atoms with Crippen molar-refractivity contribution in [1.82, 2.24) is 0 Å². The molecule has 0 radical (unpaired) electrons. The molecule has 2 aromatic rings. The Kier molecular flexibility index (Phi) is 7.04. The molecule has 0 aliphatic carbocycles. The topological polar surface area (TPSA) is 91.2 Å². The number of alkyl halides is 2. The van der Waals surface area contributed by atoms with Gasteiger partial charge in [0.15, 0.2) is 0 Å². The van der Waals surface area contributed by atoms with E-state index >= 15 is 0 Å². The molecule has 2 N–H and O–H groups in total. The van der Waals surface area contributed by atoms with E-state index in [0.29, 0.717) is 11.4 Å². The molecular weight excluding hydrogens is 368 g/mol. The van der Waals surface area contributed by atoms with E-state index in [1.165, 1.54) is 19.1 Å². The molecule has 0 saturated heterocycles. The van der Waals surface area contributed by atoms with Crippen molar-refractivity contribution in [1.29, 1.82) is 5.26 Å². The monoisotopic (exact) mass is 387 g/mol. The number of carbonyl (C=O) groups is 2. The minimum absolute atomic E-state index is 0.0727. The fraction of sp³-hybridized carbons (Fsp3) is 0.250. The zero-order valence-electron chi connectivity index (χ0n) is 15.3. The molecule has 1 unspecified atom stereocenters. The van der Waals surface area contributed by atoms with Crippen LogP contribution < -0.4 is 15.4 Å². The van der Waals surface area contributed by atoms with Gasteiger partial charge in [0.2, 0.25) is 11.8 Å². The summed E-state index contributed by atoms with van der Waals surface area (Å²) >= 11 is 0. The van der Waals surface area contributed by atoms with Gasteiger partial charge in [-0.3, -0.25) is 9.59 Å². The van der Waals surface area contributed by atoms with Crippen molar-refractivity contribution in [3.63, 3.8) is 0 Å². The van der Waals surface area contributed by atoms with Crippen LogP contribution >= 0.6 is 0 Å². The van der Waals surface area contributed by atoms with Gasteiger partial charge in [0.05, 0.1) is 24.2 Å². The number of halogens is 2. The van der Waals surface area contributed by atoms with Gasteiger partial charge in [0, 0.05) is 23.9 Å². The Bertz CT molecular complexity index is 893.